The lowest BCUT2D eigenvalue weighted by atomic mass is 10.1. The smallest absolute Gasteiger partial charge is 0.293 e. The fourth-order valence-corrected chi connectivity index (χ4v) is 4.35. The van der Waals surface area contributed by atoms with Gasteiger partial charge in [-0.05, 0) is 61.4 Å². The third-order valence-corrected chi connectivity index (χ3v) is 6.49. The van der Waals surface area contributed by atoms with Crippen LogP contribution in [0.3, 0.4) is 0 Å². The maximum atomic E-state index is 13.1. The molecule has 0 aliphatic rings. The summed E-state index contributed by atoms with van der Waals surface area (Å²) in [6.45, 7) is 3.22. The Balaban J connectivity index is 1.42. The zero-order valence-electron chi connectivity index (χ0n) is 22.7. The second-order valence-electron chi connectivity index (χ2n) is 9.63. The van der Waals surface area contributed by atoms with Crippen LogP contribution in [0, 0.1) is 0 Å². The molecular weight excluding hydrogens is 476 g/mol. The lowest BCUT2D eigenvalue weighted by Crippen LogP contribution is -2.34. The summed E-state index contributed by atoms with van der Waals surface area (Å²) in [5, 5.41) is 3.00. The Kier molecular flexibility index (Phi) is 13.0. The van der Waals surface area contributed by atoms with Crippen molar-refractivity contribution in [1.82, 2.24) is 5.32 Å². The molecule has 0 aliphatic heterocycles. The predicted molar refractivity (Wildman–Crippen MR) is 153 cm³/mol. The first-order valence-corrected chi connectivity index (χ1v) is 14.1. The van der Waals surface area contributed by atoms with Gasteiger partial charge in [0.05, 0.1) is 6.26 Å². The molecule has 204 valence electrons. The number of carbonyl (C=O) groups is 2. The summed E-state index contributed by atoms with van der Waals surface area (Å²) in [5.74, 6) is 1.59. The molecule has 1 heterocycles. The second kappa shape index (κ2) is 17.1. The van der Waals surface area contributed by atoms with E-state index in [-0.39, 0.29) is 17.6 Å². The summed E-state index contributed by atoms with van der Waals surface area (Å²) in [4.78, 5) is 27.1. The molecule has 2 aromatic carbocycles. The number of carbonyl (C=O) groups excluding carboxylic acids is 2. The first-order chi connectivity index (χ1) is 18.7. The molecule has 3 aromatic rings. The Bertz CT molecular complexity index is 1050. The van der Waals surface area contributed by atoms with Crippen LogP contribution in [0.4, 0.5) is 5.69 Å². The first kappa shape index (κ1) is 29.0. The maximum absolute atomic E-state index is 13.1. The maximum Gasteiger partial charge on any atom is 0.293 e. The molecule has 0 bridgehead atoms. The van der Waals surface area contributed by atoms with Crippen LogP contribution in [0.15, 0.2) is 77.4 Å². The SMILES string of the molecule is CCCCCCCCCCCC(=O)NCCCN(C(=O)c1ccco1)c1ccc(Oc2ccccc2)cc1. The van der Waals surface area contributed by atoms with Gasteiger partial charge in [-0.25, -0.2) is 0 Å². The van der Waals surface area contributed by atoms with Crippen molar-refractivity contribution >= 4 is 17.5 Å². The molecule has 38 heavy (non-hydrogen) atoms. The number of anilines is 1. The average Bonchev–Trinajstić information content (AvgIpc) is 3.48. The molecule has 0 aliphatic carbocycles. The van der Waals surface area contributed by atoms with Crippen LogP contribution in [0.1, 0.15) is 88.1 Å². The molecule has 0 atom stereocenters. The summed E-state index contributed by atoms with van der Waals surface area (Å²) < 4.78 is 11.2. The highest BCUT2D eigenvalue weighted by Gasteiger charge is 2.20. The minimum absolute atomic E-state index is 0.0827. The van der Waals surface area contributed by atoms with E-state index in [2.05, 4.69) is 12.2 Å². The van der Waals surface area contributed by atoms with Gasteiger partial charge in [0.2, 0.25) is 5.91 Å². The van der Waals surface area contributed by atoms with Gasteiger partial charge in [0.25, 0.3) is 5.91 Å². The van der Waals surface area contributed by atoms with Crippen molar-refractivity contribution in [1.29, 1.82) is 0 Å². The number of nitrogens with one attached hydrogen (secondary N) is 1. The van der Waals surface area contributed by atoms with Gasteiger partial charge in [0.1, 0.15) is 11.5 Å². The van der Waals surface area contributed by atoms with Crippen molar-refractivity contribution in [3.63, 3.8) is 0 Å². The van der Waals surface area contributed by atoms with E-state index in [1.54, 1.807) is 17.0 Å². The number of amides is 2. The normalized spacial score (nSPS) is 10.8. The van der Waals surface area contributed by atoms with Crippen LogP contribution in [-0.2, 0) is 4.79 Å². The first-order valence-electron chi connectivity index (χ1n) is 14.1. The second-order valence-corrected chi connectivity index (χ2v) is 9.63. The van der Waals surface area contributed by atoms with Crippen molar-refractivity contribution in [3.05, 3.63) is 78.8 Å². The van der Waals surface area contributed by atoms with E-state index < -0.39 is 0 Å². The fourth-order valence-electron chi connectivity index (χ4n) is 4.35. The monoisotopic (exact) mass is 518 g/mol. The van der Waals surface area contributed by atoms with Crippen molar-refractivity contribution in [2.45, 2.75) is 77.6 Å². The molecule has 6 heteroatoms. The Morgan fingerprint density at radius 3 is 2.08 bits per heavy atom. The number of hydrogen-bond donors (Lipinski definition) is 1. The highest BCUT2D eigenvalue weighted by molar-refractivity contribution is 6.04. The lowest BCUT2D eigenvalue weighted by molar-refractivity contribution is -0.121. The molecule has 6 nitrogen and oxygen atoms in total. The van der Waals surface area contributed by atoms with Gasteiger partial charge in [-0.3, -0.25) is 9.59 Å². The number of furan rings is 1. The van der Waals surface area contributed by atoms with E-state index in [9.17, 15) is 9.59 Å². The highest BCUT2D eigenvalue weighted by atomic mass is 16.5. The van der Waals surface area contributed by atoms with Gasteiger partial charge in [-0.15, -0.1) is 0 Å². The van der Waals surface area contributed by atoms with Crippen LogP contribution < -0.4 is 15.0 Å². The molecule has 0 spiro atoms. The van der Waals surface area contributed by atoms with Crippen molar-refractivity contribution in [3.8, 4) is 11.5 Å². The van der Waals surface area contributed by atoms with Crippen molar-refractivity contribution in [2.24, 2.45) is 0 Å². The van der Waals surface area contributed by atoms with Gasteiger partial charge in [-0.1, -0.05) is 76.5 Å². The zero-order chi connectivity index (χ0) is 26.8. The standard InChI is InChI=1S/C32H42N2O4/c1-2-3-4-5-6-7-8-9-13-19-31(35)33-24-15-25-34(32(36)30-18-14-26-37-30)27-20-22-29(23-21-27)38-28-16-11-10-12-17-28/h10-12,14,16-18,20-23,26H,2-9,13,15,19,24-25H2,1H3,(H,33,35). The summed E-state index contributed by atoms with van der Waals surface area (Å²) in [5.41, 5.74) is 0.743. The van der Waals surface area contributed by atoms with Crippen LogP contribution >= 0.6 is 0 Å². The zero-order valence-corrected chi connectivity index (χ0v) is 22.7. The summed E-state index contributed by atoms with van der Waals surface area (Å²) in [6, 6.07) is 20.3. The molecule has 0 saturated heterocycles. The summed E-state index contributed by atoms with van der Waals surface area (Å²) in [6.07, 6.45) is 13.8. The van der Waals surface area contributed by atoms with Crippen molar-refractivity contribution in [2.75, 3.05) is 18.0 Å². The molecule has 2 amide bonds. The van der Waals surface area contributed by atoms with E-state index in [0.717, 1.165) is 24.3 Å². The molecule has 0 fully saturated rings. The minimum Gasteiger partial charge on any atom is -0.459 e. The van der Waals surface area contributed by atoms with E-state index in [4.69, 9.17) is 9.15 Å². The Morgan fingerprint density at radius 1 is 0.763 bits per heavy atom. The van der Waals surface area contributed by atoms with Crippen LogP contribution in [0.5, 0.6) is 11.5 Å². The molecular formula is C32H42N2O4. The summed E-state index contributed by atoms with van der Waals surface area (Å²) >= 11 is 0. The van der Waals surface area contributed by atoms with Gasteiger partial charge >= 0.3 is 0 Å². The predicted octanol–water partition coefficient (Wildman–Crippen LogP) is 8.15. The lowest BCUT2D eigenvalue weighted by Gasteiger charge is -2.22. The molecule has 1 aromatic heterocycles. The van der Waals surface area contributed by atoms with Gasteiger partial charge < -0.3 is 19.4 Å². The quantitative estimate of drug-likeness (QED) is 0.173. The van der Waals surface area contributed by atoms with Crippen LogP contribution in [0.25, 0.3) is 0 Å². The van der Waals surface area contributed by atoms with Crippen LogP contribution in [0.2, 0.25) is 0 Å². The Morgan fingerprint density at radius 2 is 1.42 bits per heavy atom. The number of unbranched alkanes of at least 4 members (excludes halogenated alkanes) is 8. The molecule has 0 saturated carbocycles. The van der Waals surface area contributed by atoms with E-state index in [1.807, 2.05) is 54.6 Å². The number of para-hydroxylation sites is 1. The van der Waals surface area contributed by atoms with Gasteiger partial charge in [-0.2, -0.15) is 0 Å². The van der Waals surface area contributed by atoms with Gasteiger partial charge in [0.15, 0.2) is 5.76 Å². The van der Waals surface area contributed by atoms with Crippen molar-refractivity contribution < 1.29 is 18.7 Å². The van der Waals surface area contributed by atoms with Gasteiger partial charge in [0, 0.05) is 25.2 Å². The highest BCUT2D eigenvalue weighted by Crippen LogP contribution is 2.25. The number of ether oxygens (including phenoxy) is 1. The Labute approximate surface area is 227 Å². The largest absolute Gasteiger partial charge is 0.459 e. The molecule has 0 radical (unpaired) electrons. The van der Waals surface area contributed by atoms with Crippen LogP contribution in [-0.4, -0.2) is 24.9 Å². The molecule has 1 N–H and O–H groups in total. The minimum atomic E-state index is -0.215. The summed E-state index contributed by atoms with van der Waals surface area (Å²) in [7, 11) is 0. The number of rotatable bonds is 18. The Hall–Kier alpha value is -3.54. The third-order valence-electron chi connectivity index (χ3n) is 6.49. The number of hydrogen-bond acceptors (Lipinski definition) is 4. The topological polar surface area (TPSA) is 71.8 Å². The molecule has 0 unspecified atom stereocenters. The molecule has 3 rings (SSSR count). The van der Waals surface area contributed by atoms with E-state index in [0.29, 0.717) is 31.7 Å². The third kappa shape index (κ3) is 10.4. The van der Waals surface area contributed by atoms with E-state index >= 15 is 0 Å². The fraction of sp³-hybridized carbons (Fsp3) is 0.438. The average molecular weight is 519 g/mol. The number of benzene rings is 2. The van der Waals surface area contributed by atoms with E-state index in [1.165, 1.54) is 51.2 Å². The number of nitrogens with zero attached hydrogens (tertiary/aromatic N) is 1.